The van der Waals surface area contributed by atoms with Crippen molar-refractivity contribution in [2.75, 3.05) is 19.7 Å². The predicted molar refractivity (Wildman–Crippen MR) is 56.7 cm³/mol. The fourth-order valence-electron chi connectivity index (χ4n) is 1.98. The highest BCUT2D eigenvalue weighted by Gasteiger charge is 2.34. The number of carbonyl (C=O) groups is 1. The smallest absolute Gasteiger partial charge is 0.322 e. The van der Waals surface area contributed by atoms with Gasteiger partial charge in [-0.3, -0.25) is 9.69 Å². The van der Waals surface area contributed by atoms with E-state index >= 15 is 0 Å². The van der Waals surface area contributed by atoms with Gasteiger partial charge in [-0.05, 0) is 13.3 Å². The van der Waals surface area contributed by atoms with Crippen LogP contribution in [0, 0.1) is 0 Å². The summed E-state index contributed by atoms with van der Waals surface area (Å²) in [5, 5.41) is 9.06. The van der Waals surface area contributed by atoms with E-state index in [1.807, 2.05) is 18.7 Å². The van der Waals surface area contributed by atoms with Gasteiger partial charge in [-0.15, -0.1) is 0 Å². The third-order valence-corrected chi connectivity index (χ3v) is 2.89. The van der Waals surface area contributed by atoms with E-state index in [9.17, 15) is 4.79 Å². The average Bonchev–Trinajstić information content (AvgIpc) is 2.18. The topological polar surface area (TPSA) is 75.8 Å². The second-order valence-electron chi connectivity index (χ2n) is 3.99. The number of rotatable bonds is 4. The van der Waals surface area contributed by atoms with E-state index in [1.165, 1.54) is 0 Å². The zero-order chi connectivity index (χ0) is 11.4. The number of morpholine rings is 1. The van der Waals surface area contributed by atoms with Crippen LogP contribution in [0.1, 0.15) is 20.3 Å². The summed E-state index contributed by atoms with van der Waals surface area (Å²) >= 11 is 0. The van der Waals surface area contributed by atoms with Crippen molar-refractivity contribution in [2.45, 2.75) is 38.5 Å². The molecular weight excluding hydrogens is 196 g/mol. The first kappa shape index (κ1) is 12.4. The Morgan fingerprint density at radius 3 is 2.87 bits per heavy atom. The maximum Gasteiger partial charge on any atom is 0.322 e. The van der Waals surface area contributed by atoms with Gasteiger partial charge in [0.1, 0.15) is 6.04 Å². The van der Waals surface area contributed by atoms with Gasteiger partial charge in [0.2, 0.25) is 0 Å². The van der Waals surface area contributed by atoms with Crippen molar-refractivity contribution in [3.63, 3.8) is 0 Å². The molecule has 0 spiro atoms. The zero-order valence-corrected chi connectivity index (χ0v) is 9.35. The van der Waals surface area contributed by atoms with Crippen molar-refractivity contribution in [2.24, 2.45) is 5.73 Å². The Morgan fingerprint density at radius 2 is 2.40 bits per heavy atom. The van der Waals surface area contributed by atoms with Crippen LogP contribution in [0.5, 0.6) is 0 Å². The van der Waals surface area contributed by atoms with E-state index < -0.39 is 12.0 Å². The number of carboxylic acid groups (broad SMARTS) is 1. The summed E-state index contributed by atoms with van der Waals surface area (Å²) in [5.74, 6) is -0.843. The molecule has 5 nitrogen and oxygen atoms in total. The third-order valence-electron chi connectivity index (χ3n) is 2.89. The maximum absolute atomic E-state index is 11.0. The summed E-state index contributed by atoms with van der Waals surface area (Å²) in [6.45, 7) is 5.38. The number of hydrogen-bond acceptors (Lipinski definition) is 4. The molecule has 1 aliphatic rings. The molecule has 1 aliphatic heterocycles. The number of aliphatic carboxylic acids is 1. The van der Waals surface area contributed by atoms with Crippen LogP contribution in [0.25, 0.3) is 0 Å². The maximum atomic E-state index is 11.0. The molecule has 0 bridgehead atoms. The van der Waals surface area contributed by atoms with E-state index in [4.69, 9.17) is 15.6 Å². The molecule has 0 aromatic carbocycles. The van der Waals surface area contributed by atoms with E-state index in [1.54, 1.807) is 0 Å². The van der Waals surface area contributed by atoms with Gasteiger partial charge in [0.15, 0.2) is 0 Å². The number of carboxylic acids is 1. The molecule has 0 amide bonds. The molecule has 0 aliphatic carbocycles. The number of hydrogen-bond donors (Lipinski definition) is 2. The number of nitrogens with zero attached hydrogens (tertiary/aromatic N) is 1. The van der Waals surface area contributed by atoms with Crippen LogP contribution >= 0.6 is 0 Å². The van der Waals surface area contributed by atoms with Gasteiger partial charge in [0.25, 0.3) is 0 Å². The Bertz CT molecular complexity index is 223. The first-order valence-electron chi connectivity index (χ1n) is 5.40. The molecule has 1 rings (SSSR count). The van der Waals surface area contributed by atoms with Crippen molar-refractivity contribution in [1.82, 2.24) is 4.90 Å². The fourth-order valence-corrected chi connectivity index (χ4v) is 1.98. The minimum Gasteiger partial charge on any atom is -0.480 e. The lowest BCUT2D eigenvalue weighted by molar-refractivity contribution is -0.149. The summed E-state index contributed by atoms with van der Waals surface area (Å²) < 4.78 is 5.51. The molecule has 1 heterocycles. The highest BCUT2D eigenvalue weighted by molar-refractivity contribution is 5.73. The Balaban J connectivity index is 2.72. The number of nitrogens with two attached hydrogens (primary N) is 1. The summed E-state index contributed by atoms with van der Waals surface area (Å²) in [4.78, 5) is 13.0. The molecule has 88 valence electrons. The van der Waals surface area contributed by atoms with E-state index in [2.05, 4.69) is 0 Å². The zero-order valence-electron chi connectivity index (χ0n) is 9.35. The van der Waals surface area contributed by atoms with E-state index in [0.717, 1.165) is 6.42 Å². The lowest BCUT2D eigenvalue weighted by Crippen LogP contribution is -2.57. The Hall–Kier alpha value is -0.650. The summed E-state index contributed by atoms with van der Waals surface area (Å²) in [6.07, 6.45) is 0.970. The number of ether oxygens (including phenoxy) is 1. The first-order valence-corrected chi connectivity index (χ1v) is 5.40. The second-order valence-corrected chi connectivity index (χ2v) is 3.99. The van der Waals surface area contributed by atoms with Crippen molar-refractivity contribution in [1.29, 1.82) is 0 Å². The van der Waals surface area contributed by atoms with Crippen LogP contribution in [-0.2, 0) is 9.53 Å². The molecule has 1 fully saturated rings. The van der Waals surface area contributed by atoms with Gasteiger partial charge >= 0.3 is 5.97 Å². The molecule has 0 saturated carbocycles. The SMILES string of the molecule is CCC1COC(C)CN1C(CN)C(=O)O. The van der Waals surface area contributed by atoms with Crippen molar-refractivity contribution < 1.29 is 14.6 Å². The van der Waals surface area contributed by atoms with Crippen molar-refractivity contribution >= 4 is 5.97 Å². The van der Waals surface area contributed by atoms with Gasteiger partial charge in [-0.1, -0.05) is 6.92 Å². The highest BCUT2D eigenvalue weighted by atomic mass is 16.5. The summed E-state index contributed by atoms with van der Waals surface area (Å²) in [7, 11) is 0. The normalized spacial score (nSPS) is 30.1. The van der Waals surface area contributed by atoms with Crippen LogP contribution in [0.15, 0.2) is 0 Å². The standard InChI is InChI=1S/C10H20N2O3/c1-3-8-6-15-7(2)5-12(8)9(4-11)10(13)14/h7-9H,3-6,11H2,1-2H3,(H,13,14). The quantitative estimate of drug-likeness (QED) is 0.686. The molecule has 3 N–H and O–H groups in total. The van der Waals surface area contributed by atoms with Crippen molar-refractivity contribution in [3.05, 3.63) is 0 Å². The molecule has 3 unspecified atom stereocenters. The van der Waals surface area contributed by atoms with Crippen LogP contribution in [0.2, 0.25) is 0 Å². The van der Waals surface area contributed by atoms with Crippen LogP contribution in [0.4, 0.5) is 0 Å². The lowest BCUT2D eigenvalue weighted by atomic mass is 10.1. The van der Waals surface area contributed by atoms with Gasteiger partial charge in [0, 0.05) is 19.1 Å². The van der Waals surface area contributed by atoms with Crippen LogP contribution < -0.4 is 5.73 Å². The molecular formula is C10H20N2O3. The minimum absolute atomic E-state index is 0.0844. The Kier molecular flexibility index (Phi) is 4.50. The molecule has 15 heavy (non-hydrogen) atoms. The average molecular weight is 216 g/mol. The third kappa shape index (κ3) is 2.90. The molecule has 0 radical (unpaired) electrons. The highest BCUT2D eigenvalue weighted by Crippen LogP contribution is 2.17. The summed E-state index contributed by atoms with van der Waals surface area (Å²) in [6, 6.07) is -0.410. The first-order chi connectivity index (χ1) is 7.10. The van der Waals surface area contributed by atoms with Crippen LogP contribution in [-0.4, -0.2) is 53.9 Å². The van der Waals surface area contributed by atoms with Crippen molar-refractivity contribution in [3.8, 4) is 0 Å². The fraction of sp³-hybridized carbons (Fsp3) is 0.900. The summed E-state index contributed by atoms with van der Waals surface area (Å²) in [5.41, 5.74) is 5.50. The molecule has 5 heteroatoms. The van der Waals surface area contributed by atoms with Crippen LogP contribution in [0.3, 0.4) is 0 Å². The second kappa shape index (κ2) is 5.44. The molecule has 0 aromatic heterocycles. The van der Waals surface area contributed by atoms with Gasteiger partial charge in [0.05, 0.1) is 12.7 Å². The molecule has 3 atom stereocenters. The van der Waals surface area contributed by atoms with E-state index in [-0.39, 0.29) is 18.7 Å². The van der Waals surface area contributed by atoms with E-state index in [0.29, 0.717) is 13.2 Å². The Labute approximate surface area is 90.2 Å². The Morgan fingerprint density at radius 1 is 1.73 bits per heavy atom. The molecule has 0 aromatic rings. The predicted octanol–water partition coefficient (Wildman–Crippen LogP) is -0.102. The lowest BCUT2D eigenvalue weighted by Gasteiger charge is -2.41. The van der Waals surface area contributed by atoms with Gasteiger partial charge in [-0.2, -0.15) is 0 Å². The van der Waals surface area contributed by atoms with Gasteiger partial charge in [-0.25, -0.2) is 0 Å². The molecule has 1 saturated heterocycles. The van der Waals surface area contributed by atoms with Gasteiger partial charge < -0.3 is 15.6 Å². The monoisotopic (exact) mass is 216 g/mol. The minimum atomic E-state index is -0.843. The largest absolute Gasteiger partial charge is 0.480 e.